The van der Waals surface area contributed by atoms with E-state index in [9.17, 15) is 8.78 Å². The van der Waals surface area contributed by atoms with Crippen LogP contribution in [0, 0.1) is 23.0 Å². The zero-order chi connectivity index (χ0) is 14.8. The van der Waals surface area contributed by atoms with Crippen molar-refractivity contribution in [2.24, 2.45) is 0 Å². The Balaban J connectivity index is 1.80. The molecule has 0 N–H and O–H groups in total. The quantitative estimate of drug-likeness (QED) is 0.838. The van der Waals surface area contributed by atoms with Crippen LogP contribution in [0.3, 0.4) is 0 Å². The molecule has 1 saturated heterocycles. The van der Waals surface area contributed by atoms with E-state index in [-0.39, 0.29) is 11.5 Å². The third kappa shape index (κ3) is 2.59. The van der Waals surface area contributed by atoms with Gasteiger partial charge in [-0.3, -0.25) is 0 Å². The van der Waals surface area contributed by atoms with Crippen molar-refractivity contribution >= 4 is 5.69 Å². The highest BCUT2D eigenvalue weighted by Crippen LogP contribution is 2.33. The van der Waals surface area contributed by atoms with E-state index in [4.69, 9.17) is 5.26 Å². The molecule has 1 aliphatic heterocycles. The molecule has 1 aliphatic rings. The Morgan fingerprint density at radius 3 is 2.33 bits per heavy atom. The maximum absolute atomic E-state index is 13.8. The lowest BCUT2D eigenvalue weighted by atomic mass is 9.97. The molecule has 1 fully saturated rings. The fourth-order valence-corrected chi connectivity index (χ4v) is 2.88. The Labute approximate surface area is 122 Å². The van der Waals surface area contributed by atoms with Gasteiger partial charge in [-0.1, -0.05) is 6.07 Å². The third-order valence-corrected chi connectivity index (χ3v) is 3.96. The maximum Gasteiger partial charge on any atom is 0.129 e. The molecule has 0 saturated carbocycles. The molecule has 1 atom stereocenters. The van der Waals surface area contributed by atoms with Gasteiger partial charge in [0.2, 0.25) is 0 Å². The standard InChI is InChI=1S/C17H14F2N2/c18-15-2-1-3-16(19)17(15)13-8-9-21(11-13)14-6-4-12(10-20)5-7-14/h1-7,13H,8-9,11H2. The van der Waals surface area contributed by atoms with Crippen molar-refractivity contribution in [3.05, 3.63) is 65.2 Å². The fraction of sp³-hybridized carbons (Fsp3) is 0.235. The highest BCUT2D eigenvalue weighted by Gasteiger charge is 2.28. The second-order valence-electron chi connectivity index (χ2n) is 5.23. The van der Waals surface area contributed by atoms with Gasteiger partial charge in [-0.25, -0.2) is 8.78 Å². The number of hydrogen-bond donors (Lipinski definition) is 0. The van der Waals surface area contributed by atoms with Crippen molar-refractivity contribution in [3.8, 4) is 6.07 Å². The SMILES string of the molecule is N#Cc1ccc(N2CCC(c3c(F)cccc3F)C2)cc1. The molecule has 0 aliphatic carbocycles. The van der Waals surface area contributed by atoms with Gasteiger partial charge in [0, 0.05) is 30.3 Å². The topological polar surface area (TPSA) is 27.0 Å². The fourth-order valence-electron chi connectivity index (χ4n) is 2.88. The van der Waals surface area contributed by atoms with E-state index in [1.165, 1.54) is 18.2 Å². The Bertz CT molecular complexity index is 669. The molecule has 2 aromatic carbocycles. The van der Waals surface area contributed by atoms with Crippen LogP contribution in [0.1, 0.15) is 23.5 Å². The number of benzene rings is 2. The van der Waals surface area contributed by atoms with Crippen molar-refractivity contribution in [2.75, 3.05) is 18.0 Å². The summed E-state index contributed by atoms with van der Waals surface area (Å²) in [6.07, 6.45) is 0.720. The van der Waals surface area contributed by atoms with E-state index in [0.29, 0.717) is 12.1 Å². The molecule has 1 unspecified atom stereocenters. The van der Waals surface area contributed by atoms with Gasteiger partial charge in [0.15, 0.2) is 0 Å². The number of halogens is 2. The molecule has 0 aromatic heterocycles. The lowest BCUT2D eigenvalue weighted by Crippen LogP contribution is -2.19. The minimum absolute atomic E-state index is 0.137. The average Bonchev–Trinajstić information content (AvgIpc) is 2.97. The summed E-state index contributed by atoms with van der Waals surface area (Å²) in [6.45, 7) is 1.34. The van der Waals surface area contributed by atoms with Gasteiger partial charge in [0.05, 0.1) is 11.6 Å². The van der Waals surface area contributed by atoms with Gasteiger partial charge in [0.1, 0.15) is 11.6 Å². The summed E-state index contributed by atoms with van der Waals surface area (Å²) < 4.78 is 27.7. The van der Waals surface area contributed by atoms with E-state index in [1.54, 1.807) is 12.1 Å². The first-order valence-corrected chi connectivity index (χ1v) is 6.88. The first-order valence-electron chi connectivity index (χ1n) is 6.88. The molecule has 0 spiro atoms. The van der Waals surface area contributed by atoms with Crippen LogP contribution in [0.25, 0.3) is 0 Å². The lowest BCUT2D eigenvalue weighted by molar-refractivity contribution is 0.533. The summed E-state index contributed by atoms with van der Waals surface area (Å²) in [6, 6.07) is 13.3. The summed E-state index contributed by atoms with van der Waals surface area (Å²) >= 11 is 0. The van der Waals surface area contributed by atoms with Gasteiger partial charge in [-0.05, 0) is 42.8 Å². The monoisotopic (exact) mass is 284 g/mol. The normalized spacial score (nSPS) is 17.8. The zero-order valence-electron chi connectivity index (χ0n) is 11.4. The molecule has 21 heavy (non-hydrogen) atoms. The van der Waals surface area contributed by atoms with Gasteiger partial charge in [-0.2, -0.15) is 5.26 Å². The van der Waals surface area contributed by atoms with E-state index < -0.39 is 11.6 Å². The summed E-state index contributed by atoms with van der Waals surface area (Å²) in [4.78, 5) is 2.09. The second kappa shape index (κ2) is 5.53. The van der Waals surface area contributed by atoms with Gasteiger partial charge in [0.25, 0.3) is 0 Å². The first-order chi connectivity index (χ1) is 10.2. The highest BCUT2D eigenvalue weighted by molar-refractivity contribution is 5.51. The number of anilines is 1. The van der Waals surface area contributed by atoms with Gasteiger partial charge in [-0.15, -0.1) is 0 Å². The maximum atomic E-state index is 13.8. The molecule has 3 rings (SSSR count). The van der Waals surface area contributed by atoms with Crippen LogP contribution in [0.15, 0.2) is 42.5 Å². The van der Waals surface area contributed by atoms with Crippen molar-refractivity contribution in [2.45, 2.75) is 12.3 Å². The smallest absolute Gasteiger partial charge is 0.129 e. The van der Waals surface area contributed by atoms with Crippen LogP contribution >= 0.6 is 0 Å². The Kier molecular flexibility index (Phi) is 3.57. The molecule has 0 radical (unpaired) electrons. The Hall–Kier alpha value is -2.41. The minimum atomic E-state index is -0.471. The predicted octanol–water partition coefficient (Wildman–Crippen LogP) is 3.83. The summed E-state index contributed by atoms with van der Waals surface area (Å²) in [7, 11) is 0. The summed E-state index contributed by atoms with van der Waals surface area (Å²) in [5.74, 6) is -1.08. The zero-order valence-corrected chi connectivity index (χ0v) is 11.4. The summed E-state index contributed by atoms with van der Waals surface area (Å²) in [5, 5.41) is 8.80. The van der Waals surface area contributed by atoms with Crippen molar-refractivity contribution in [1.82, 2.24) is 0 Å². The van der Waals surface area contributed by atoms with Gasteiger partial charge >= 0.3 is 0 Å². The molecule has 0 bridgehead atoms. The number of nitriles is 1. The molecule has 2 aromatic rings. The number of rotatable bonds is 2. The van der Waals surface area contributed by atoms with Crippen LogP contribution in [-0.2, 0) is 0 Å². The van der Waals surface area contributed by atoms with E-state index in [0.717, 1.165) is 18.7 Å². The van der Waals surface area contributed by atoms with Crippen LogP contribution in [-0.4, -0.2) is 13.1 Å². The Morgan fingerprint density at radius 2 is 1.71 bits per heavy atom. The van der Waals surface area contributed by atoms with Crippen molar-refractivity contribution < 1.29 is 8.78 Å². The predicted molar refractivity (Wildman–Crippen MR) is 77.1 cm³/mol. The van der Waals surface area contributed by atoms with Crippen LogP contribution in [0.2, 0.25) is 0 Å². The van der Waals surface area contributed by atoms with E-state index >= 15 is 0 Å². The lowest BCUT2D eigenvalue weighted by Gasteiger charge is -2.19. The molecule has 1 heterocycles. The van der Waals surface area contributed by atoms with E-state index in [1.807, 2.05) is 12.1 Å². The second-order valence-corrected chi connectivity index (χ2v) is 5.23. The Morgan fingerprint density at radius 1 is 1.05 bits per heavy atom. The molecule has 0 amide bonds. The van der Waals surface area contributed by atoms with Crippen molar-refractivity contribution in [1.29, 1.82) is 5.26 Å². The highest BCUT2D eigenvalue weighted by atomic mass is 19.1. The molecule has 106 valence electrons. The third-order valence-electron chi connectivity index (χ3n) is 3.96. The average molecular weight is 284 g/mol. The largest absolute Gasteiger partial charge is 0.371 e. The molecular formula is C17H14F2N2. The number of nitrogens with zero attached hydrogens (tertiary/aromatic N) is 2. The van der Waals surface area contributed by atoms with Crippen LogP contribution < -0.4 is 4.90 Å². The minimum Gasteiger partial charge on any atom is -0.371 e. The van der Waals surface area contributed by atoms with Crippen molar-refractivity contribution in [3.63, 3.8) is 0 Å². The molecular weight excluding hydrogens is 270 g/mol. The van der Waals surface area contributed by atoms with Crippen LogP contribution in [0.5, 0.6) is 0 Å². The summed E-state index contributed by atoms with van der Waals surface area (Å²) in [5.41, 5.74) is 1.77. The number of hydrogen-bond acceptors (Lipinski definition) is 2. The van der Waals surface area contributed by atoms with Crippen LogP contribution in [0.4, 0.5) is 14.5 Å². The molecule has 4 heteroatoms. The van der Waals surface area contributed by atoms with Gasteiger partial charge < -0.3 is 4.90 Å². The molecule has 2 nitrogen and oxygen atoms in total. The van der Waals surface area contributed by atoms with E-state index in [2.05, 4.69) is 11.0 Å². The first kappa shape index (κ1) is 13.6.